The number of alkyl carbamates (subject to hydrolysis) is 1. The second-order valence-electron chi connectivity index (χ2n) is 10.8. The number of ether oxygens (including phenoxy) is 1. The molecule has 0 aliphatic carbocycles. The van der Waals surface area contributed by atoms with Crippen molar-refractivity contribution in [2.45, 2.75) is 71.9 Å². The lowest BCUT2D eigenvalue weighted by atomic mass is 9.96. The van der Waals surface area contributed by atoms with Gasteiger partial charge in [0.15, 0.2) is 5.84 Å². The lowest BCUT2D eigenvalue weighted by Gasteiger charge is -2.35. The molecule has 2 saturated heterocycles. The van der Waals surface area contributed by atoms with Crippen molar-refractivity contribution in [2.24, 2.45) is 10.9 Å². The van der Waals surface area contributed by atoms with Gasteiger partial charge >= 0.3 is 6.09 Å². The van der Waals surface area contributed by atoms with E-state index in [4.69, 9.17) is 21.3 Å². The Balaban J connectivity index is 1.81. The van der Waals surface area contributed by atoms with E-state index in [1.165, 1.54) is 10.9 Å². The Kier molecular flexibility index (Phi) is 10.2. The van der Waals surface area contributed by atoms with Crippen LogP contribution in [0.5, 0.6) is 0 Å². The predicted octanol–water partition coefficient (Wildman–Crippen LogP) is 3.85. The maximum Gasteiger partial charge on any atom is 0.412 e. The molecule has 0 saturated carbocycles. The zero-order chi connectivity index (χ0) is 28.7. The molecular weight excluding hydrogens is 522 g/mol. The normalized spacial score (nSPS) is 19.5. The molecule has 3 heterocycles. The summed E-state index contributed by atoms with van der Waals surface area (Å²) in [6, 6.07) is -0.719. The highest BCUT2D eigenvalue weighted by Crippen LogP contribution is 2.24. The summed E-state index contributed by atoms with van der Waals surface area (Å²) in [7, 11) is 0. The van der Waals surface area contributed by atoms with Crippen LogP contribution < -0.4 is 10.6 Å². The Morgan fingerprint density at radius 3 is 2.44 bits per heavy atom. The maximum atomic E-state index is 13.2. The number of likely N-dealkylation sites (tertiary alicyclic amines) is 2. The third-order valence-electron chi connectivity index (χ3n) is 6.52. The zero-order valence-corrected chi connectivity index (χ0v) is 24.3. The Morgan fingerprint density at radius 2 is 1.85 bits per heavy atom. The second kappa shape index (κ2) is 13.1. The van der Waals surface area contributed by atoms with E-state index in [0.717, 1.165) is 38.8 Å². The maximum absolute atomic E-state index is 13.2. The van der Waals surface area contributed by atoms with Gasteiger partial charge in [0.2, 0.25) is 11.8 Å². The van der Waals surface area contributed by atoms with Crippen LogP contribution in [0.3, 0.4) is 0 Å². The molecule has 11 nitrogen and oxygen atoms in total. The molecular formula is C27H40ClN7O4. The molecule has 2 aliphatic rings. The Morgan fingerprint density at radius 1 is 1.18 bits per heavy atom. The van der Waals surface area contributed by atoms with Crippen LogP contribution in [0.25, 0.3) is 0 Å². The first kappa shape index (κ1) is 30.2. The molecule has 214 valence electrons. The van der Waals surface area contributed by atoms with Gasteiger partial charge in [-0.3, -0.25) is 19.6 Å². The van der Waals surface area contributed by atoms with Gasteiger partial charge in [-0.2, -0.15) is 5.10 Å². The number of carbonyl (C=O) groups excluding carboxylic acids is 3. The van der Waals surface area contributed by atoms with Crippen LogP contribution in [0.15, 0.2) is 41.6 Å². The number of aliphatic imine (C=N–C) groups is 1. The zero-order valence-electron chi connectivity index (χ0n) is 23.5. The SMILES string of the molecule is C=C(NC(=O)OC(C)(C)C)C(=N/C(=C\C)N1CCC[C@@H](C(=O)N2CCCC2)C1)NC(=O)[C@@H](C)n1cc(Cl)cn1. The van der Waals surface area contributed by atoms with Crippen molar-refractivity contribution in [3.63, 3.8) is 0 Å². The summed E-state index contributed by atoms with van der Waals surface area (Å²) in [4.78, 5) is 47.4. The van der Waals surface area contributed by atoms with E-state index in [0.29, 0.717) is 23.9 Å². The van der Waals surface area contributed by atoms with Gasteiger partial charge in [0, 0.05) is 32.4 Å². The summed E-state index contributed by atoms with van der Waals surface area (Å²) in [5.41, 5.74) is -0.665. The van der Waals surface area contributed by atoms with Gasteiger partial charge in [0.05, 0.1) is 22.8 Å². The van der Waals surface area contributed by atoms with Gasteiger partial charge < -0.3 is 19.9 Å². The number of allylic oxidation sites excluding steroid dienone is 1. The number of aromatic nitrogens is 2. The van der Waals surface area contributed by atoms with Crippen molar-refractivity contribution in [1.82, 2.24) is 30.2 Å². The highest BCUT2D eigenvalue weighted by Gasteiger charge is 2.31. The number of nitrogens with zero attached hydrogens (tertiary/aromatic N) is 5. The molecule has 2 fully saturated rings. The summed E-state index contributed by atoms with van der Waals surface area (Å²) in [6.07, 6.45) is 7.83. The molecule has 2 aliphatic heterocycles. The number of piperidine rings is 1. The molecule has 0 radical (unpaired) electrons. The summed E-state index contributed by atoms with van der Waals surface area (Å²) in [5, 5.41) is 9.84. The lowest BCUT2D eigenvalue weighted by molar-refractivity contribution is -0.136. The first-order valence-corrected chi connectivity index (χ1v) is 13.7. The molecule has 0 unspecified atom stereocenters. The number of amides is 3. The quantitative estimate of drug-likeness (QED) is 0.385. The Bertz CT molecular complexity index is 1130. The van der Waals surface area contributed by atoms with Crippen LogP contribution in [0.2, 0.25) is 5.02 Å². The summed E-state index contributed by atoms with van der Waals surface area (Å²) < 4.78 is 6.77. The van der Waals surface area contributed by atoms with E-state index < -0.39 is 23.6 Å². The monoisotopic (exact) mass is 561 g/mol. The summed E-state index contributed by atoms with van der Waals surface area (Å²) in [6.45, 7) is 15.5. The number of hydrogen-bond donors (Lipinski definition) is 2. The van der Waals surface area contributed by atoms with Crippen molar-refractivity contribution < 1.29 is 19.1 Å². The van der Waals surface area contributed by atoms with Crippen molar-refractivity contribution in [3.05, 3.63) is 41.6 Å². The number of carbonyl (C=O) groups is 3. The van der Waals surface area contributed by atoms with Crippen LogP contribution in [-0.2, 0) is 14.3 Å². The van der Waals surface area contributed by atoms with Gasteiger partial charge in [0.1, 0.15) is 17.5 Å². The smallest absolute Gasteiger partial charge is 0.412 e. The molecule has 0 aromatic carbocycles. The minimum Gasteiger partial charge on any atom is -0.444 e. The van der Waals surface area contributed by atoms with E-state index in [1.807, 2.05) is 22.8 Å². The molecule has 1 aromatic heterocycles. The van der Waals surface area contributed by atoms with Gasteiger partial charge in [-0.1, -0.05) is 18.2 Å². The standard InChI is InChI=1S/C27H40ClN7O4/c1-7-22(34-14-10-11-20(16-34)25(37)33-12-8-9-13-33)31-23(18(2)30-26(38)39-27(4,5)6)32-24(36)19(3)35-17-21(28)15-29-35/h7,15,17,19-20H,2,8-14,16H2,1,3-6H3,(H,30,38)(H,31,32,36)/b22-7+/t19-,20-/m1/s1. The largest absolute Gasteiger partial charge is 0.444 e. The number of amidine groups is 1. The van der Waals surface area contributed by atoms with Crippen molar-refractivity contribution in [2.75, 3.05) is 26.2 Å². The van der Waals surface area contributed by atoms with Crippen molar-refractivity contribution in [3.8, 4) is 0 Å². The predicted molar refractivity (Wildman–Crippen MR) is 150 cm³/mol. The second-order valence-corrected chi connectivity index (χ2v) is 11.3. The molecule has 1 aromatic rings. The summed E-state index contributed by atoms with van der Waals surface area (Å²) in [5.74, 6) is 0.251. The molecule has 3 rings (SSSR count). The fourth-order valence-electron chi connectivity index (χ4n) is 4.54. The highest BCUT2D eigenvalue weighted by molar-refractivity contribution is 6.30. The van der Waals surface area contributed by atoms with Gasteiger partial charge in [-0.15, -0.1) is 0 Å². The highest BCUT2D eigenvalue weighted by atomic mass is 35.5. The van der Waals surface area contributed by atoms with Gasteiger partial charge in [0.25, 0.3) is 0 Å². The number of hydrogen-bond acceptors (Lipinski definition) is 7. The minimum atomic E-state index is -0.724. The average Bonchev–Trinajstić information content (AvgIpc) is 3.56. The fraction of sp³-hybridized carbons (Fsp3) is 0.593. The first-order chi connectivity index (χ1) is 18.4. The number of rotatable bonds is 7. The van der Waals surface area contributed by atoms with E-state index in [9.17, 15) is 14.4 Å². The molecule has 12 heteroatoms. The number of nitrogens with one attached hydrogen (secondary N) is 2. The van der Waals surface area contributed by atoms with Gasteiger partial charge in [-0.25, -0.2) is 9.79 Å². The van der Waals surface area contributed by atoms with E-state index in [2.05, 4.69) is 22.3 Å². The first-order valence-electron chi connectivity index (χ1n) is 13.4. The molecule has 2 N–H and O–H groups in total. The van der Waals surface area contributed by atoms with Crippen LogP contribution in [0, 0.1) is 5.92 Å². The Labute approximate surface area is 235 Å². The third kappa shape index (κ3) is 8.58. The molecule has 39 heavy (non-hydrogen) atoms. The van der Waals surface area contributed by atoms with E-state index in [-0.39, 0.29) is 23.4 Å². The minimum absolute atomic E-state index is 0.0528. The topological polar surface area (TPSA) is 121 Å². The molecule has 3 amide bonds. The van der Waals surface area contributed by atoms with Crippen LogP contribution in [0.1, 0.15) is 66.3 Å². The lowest BCUT2D eigenvalue weighted by Crippen LogP contribution is -2.44. The van der Waals surface area contributed by atoms with Crippen LogP contribution in [-0.4, -0.2) is 75.1 Å². The van der Waals surface area contributed by atoms with Gasteiger partial charge in [-0.05, 0) is 66.4 Å². The molecule has 2 atom stereocenters. The third-order valence-corrected chi connectivity index (χ3v) is 6.72. The van der Waals surface area contributed by atoms with Crippen molar-refractivity contribution >= 4 is 35.3 Å². The van der Waals surface area contributed by atoms with Crippen LogP contribution >= 0.6 is 11.6 Å². The number of halogens is 1. The summed E-state index contributed by atoms with van der Waals surface area (Å²) >= 11 is 5.97. The Hall–Kier alpha value is -3.34. The molecule has 0 bridgehead atoms. The van der Waals surface area contributed by atoms with E-state index in [1.54, 1.807) is 33.9 Å². The van der Waals surface area contributed by atoms with Crippen LogP contribution in [0.4, 0.5) is 4.79 Å². The fourth-order valence-corrected chi connectivity index (χ4v) is 4.68. The molecule has 0 spiro atoms. The average molecular weight is 562 g/mol. The van der Waals surface area contributed by atoms with Crippen molar-refractivity contribution in [1.29, 1.82) is 0 Å². The van der Waals surface area contributed by atoms with E-state index >= 15 is 0 Å².